The van der Waals surface area contributed by atoms with E-state index in [2.05, 4.69) is 47.8 Å². The first-order valence-corrected chi connectivity index (χ1v) is 5.86. The second-order valence-corrected chi connectivity index (χ2v) is 8.89. The average Bonchev–Trinajstić information content (AvgIpc) is 2.01. The summed E-state index contributed by atoms with van der Waals surface area (Å²) in [4.78, 5) is 10.8. The van der Waals surface area contributed by atoms with Gasteiger partial charge in [0, 0.05) is 0 Å². The van der Waals surface area contributed by atoms with Gasteiger partial charge in [-0.3, -0.25) is 0 Å². The van der Waals surface area contributed by atoms with Gasteiger partial charge in [-0.25, -0.2) is 4.79 Å². The third-order valence-electron chi connectivity index (χ3n) is 1.34. The zero-order chi connectivity index (χ0) is 10.8. The van der Waals surface area contributed by atoms with Gasteiger partial charge in [-0.1, -0.05) is 12.1 Å². The van der Waals surface area contributed by atoms with Gasteiger partial charge in [-0.15, -0.1) is 0 Å². The van der Waals surface area contributed by atoms with Crippen molar-refractivity contribution in [1.29, 1.82) is 0 Å². The van der Waals surface area contributed by atoms with E-state index in [0.717, 1.165) is 0 Å². The number of aromatic carboxylic acids is 1. The number of hydrogen-bond acceptors (Lipinski definition) is 2. The summed E-state index contributed by atoms with van der Waals surface area (Å²) in [7, 11) is 0. The molecule has 0 aromatic heterocycles. The fourth-order valence-corrected chi connectivity index (χ4v) is 1.38. The minimum absolute atomic E-state index is 0.107. The first-order chi connectivity index (χ1) is 6.40. The van der Waals surface area contributed by atoms with Crippen LogP contribution in [-0.4, -0.2) is 13.4 Å². The van der Waals surface area contributed by atoms with E-state index in [1.807, 2.05) is 0 Å². The number of para-hydroxylation sites is 1. The van der Waals surface area contributed by atoms with Gasteiger partial charge in [0.25, 0.3) is 2.33 Å². The zero-order valence-corrected chi connectivity index (χ0v) is 11.5. The predicted molar refractivity (Wildman–Crippen MR) is 63.5 cm³/mol. The number of benzene rings is 1. The lowest BCUT2D eigenvalue weighted by molar-refractivity contribution is 0.0692. The van der Waals surface area contributed by atoms with E-state index < -0.39 is 8.30 Å². The summed E-state index contributed by atoms with van der Waals surface area (Å²) in [6.07, 6.45) is 0. The van der Waals surface area contributed by atoms with Gasteiger partial charge < -0.3 is 9.84 Å². The Morgan fingerprint density at radius 2 is 1.86 bits per heavy atom. The topological polar surface area (TPSA) is 46.5 Å². The SMILES string of the molecule is O=C(O)c1ccccc1OC(Br)(Br)Br. The van der Waals surface area contributed by atoms with E-state index in [1.165, 1.54) is 6.07 Å². The molecule has 1 rings (SSSR count). The summed E-state index contributed by atoms with van der Waals surface area (Å²) >= 11 is 9.35. The Morgan fingerprint density at radius 1 is 1.29 bits per heavy atom. The maximum Gasteiger partial charge on any atom is 0.339 e. The van der Waals surface area contributed by atoms with E-state index in [0.29, 0.717) is 0 Å². The lowest BCUT2D eigenvalue weighted by Crippen LogP contribution is -2.13. The highest BCUT2D eigenvalue weighted by molar-refractivity contribution is 9.39. The van der Waals surface area contributed by atoms with E-state index in [-0.39, 0.29) is 11.3 Å². The highest BCUT2D eigenvalue weighted by Crippen LogP contribution is 2.37. The van der Waals surface area contributed by atoms with Gasteiger partial charge in [0.05, 0.1) is 0 Å². The summed E-state index contributed by atoms with van der Waals surface area (Å²) in [5, 5.41) is 8.84. The van der Waals surface area contributed by atoms with Crippen molar-refractivity contribution < 1.29 is 14.6 Å². The first-order valence-electron chi connectivity index (χ1n) is 3.48. The minimum Gasteiger partial charge on any atom is -0.478 e. The smallest absolute Gasteiger partial charge is 0.339 e. The fourth-order valence-electron chi connectivity index (χ4n) is 0.857. The summed E-state index contributed by atoms with van der Waals surface area (Å²) in [6.45, 7) is 0. The first kappa shape index (κ1) is 12.0. The summed E-state index contributed by atoms with van der Waals surface area (Å²) in [5.74, 6) is -0.761. The van der Waals surface area contributed by atoms with Gasteiger partial charge in [0.15, 0.2) is 0 Å². The number of carboxylic acid groups (broad SMARTS) is 1. The fraction of sp³-hybridized carbons (Fsp3) is 0.125. The van der Waals surface area contributed by atoms with Crippen LogP contribution in [0.25, 0.3) is 0 Å². The Hall–Kier alpha value is -0.0700. The van der Waals surface area contributed by atoms with E-state index >= 15 is 0 Å². The molecule has 0 aliphatic rings. The number of carbonyl (C=O) groups is 1. The van der Waals surface area contributed by atoms with Gasteiger partial charge in [-0.2, -0.15) is 0 Å². The number of ether oxygens (including phenoxy) is 1. The molecule has 1 N–H and O–H groups in total. The molecule has 0 saturated heterocycles. The molecule has 0 spiro atoms. The average molecular weight is 389 g/mol. The molecule has 1 aromatic carbocycles. The van der Waals surface area contributed by atoms with Crippen LogP contribution in [0.15, 0.2) is 24.3 Å². The Kier molecular flexibility index (Phi) is 3.97. The summed E-state index contributed by atoms with van der Waals surface area (Å²) < 4.78 is 4.32. The normalized spacial score (nSPS) is 11.1. The third-order valence-corrected chi connectivity index (χ3v) is 1.83. The molecule has 14 heavy (non-hydrogen) atoms. The quantitative estimate of drug-likeness (QED) is 0.788. The number of alkyl halides is 3. The number of halogens is 3. The largest absolute Gasteiger partial charge is 0.478 e. The molecule has 0 heterocycles. The number of hydrogen-bond donors (Lipinski definition) is 1. The maximum atomic E-state index is 10.8. The van der Waals surface area contributed by atoms with Crippen LogP contribution in [0.2, 0.25) is 0 Å². The van der Waals surface area contributed by atoms with Gasteiger partial charge >= 0.3 is 5.97 Å². The number of carboxylic acids is 1. The maximum absolute atomic E-state index is 10.8. The minimum atomic E-state index is -1.03. The van der Waals surface area contributed by atoms with Crippen molar-refractivity contribution in [2.24, 2.45) is 0 Å². The Labute approximate surface area is 106 Å². The molecule has 1 aromatic rings. The molecule has 0 atom stereocenters. The van der Waals surface area contributed by atoms with Crippen LogP contribution in [0.3, 0.4) is 0 Å². The molecular weight excluding hydrogens is 384 g/mol. The molecule has 0 amide bonds. The Morgan fingerprint density at radius 3 is 2.36 bits per heavy atom. The second-order valence-electron chi connectivity index (χ2n) is 2.35. The lowest BCUT2D eigenvalue weighted by atomic mass is 10.2. The van der Waals surface area contributed by atoms with Crippen LogP contribution < -0.4 is 4.74 Å². The predicted octanol–water partition coefficient (Wildman–Crippen LogP) is 3.56. The second kappa shape index (κ2) is 4.63. The molecule has 0 saturated carbocycles. The Bertz CT molecular complexity index is 346. The molecule has 0 aliphatic heterocycles. The van der Waals surface area contributed by atoms with Gasteiger partial charge in [-0.05, 0) is 59.9 Å². The van der Waals surface area contributed by atoms with Crippen molar-refractivity contribution in [3.8, 4) is 5.75 Å². The molecule has 0 radical (unpaired) electrons. The van der Waals surface area contributed by atoms with Crippen LogP contribution in [0.5, 0.6) is 5.75 Å². The highest BCUT2D eigenvalue weighted by Gasteiger charge is 2.22. The monoisotopic (exact) mass is 386 g/mol. The molecule has 0 bridgehead atoms. The van der Waals surface area contributed by atoms with Gasteiger partial charge in [0.2, 0.25) is 0 Å². The van der Waals surface area contributed by atoms with Crippen molar-refractivity contribution in [2.45, 2.75) is 2.33 Å². The van der Waals surface area contributed by atoms with E-state index in [9.17, 15) is 4.79 Å². The zero-order valence-electron chi connectivity index (χ0n) is 6.71. The highest BCUT2D eigenvalue weighted by atomic mass is 80.0. The summed E-state index contributed by atoms with van der Waals surface area (Å²) in [5.41, 5.74) is 0.107. The van der Waals surface area contributed by atoms with E-state index in [4.69, 9.17) is 9.84 Å². The summed E-state index contributed by atoms with van der Waals surface area (Å²) in [6, 6.07) is 6.37. The van der Waals surface area contributed by atoms with Crippen molar-refractivity contribution in [1.82, 2.24) is 0 Å². The third kappa shape index (κ3) is 3.59. The molecule has 6 heteroatoms. The van der Waals surface area contributed by atoms with Crippen molar-refractivity contribution >= 4 is 53.8 Å². The standard InChI is InChI=1S/C8H5Br3O3/c9-8(10,11)14-6-4-2-1-3-5(6)7(12)13/h1-4H,(H,12,13). The van der Waals surface area contributed by atoms with Crippen molar-refractivity contribution in [3.05, 3.63) is 29.8 Å². The molecule has 0 unspecified atom stereocenters. The molecule has 0 fully saturated rings. The Balaban J connectivity index is 3.02. The molecule has 76 valence electrons. The van der Waals surface area contributed by atoms with Crippen LogP contribution in [0.4, 0.5) is 0 Å². The van der Waals surface area contributed by atoms with Gasteiger partial charge in [0.1, 0.15) is 11.3 Å². The van der Waals surface area contributed by atoms with E-state index in [1.54, 1.807) is 18.2 Å². The van der Waals surface area contributed by atoms with Crippen LogP contribution in [0, 0.1) is 0 Å². The van der Waals surface area contributed by atoms with Crippen LogP contribution in [0.1, 0.15) is 10.4 Å². The molecule has 0 aliphatic carbocycles. The van der Waals surface area contributed by atoms with Crippen LogP contribution >= 0.6 is 47.8 Å². The lowest BCUT2D eigenvalue weighted by Gasteiger charge is -2.16. The van der Waals surface area contributed by atoms with Crippen molar-refractivity contribution in [2.75, 3.05) is 0 Å². The van der Waals surface area contributed by atoms with Crippen molar-refractivity contribution in [3.63, 3.8) is 0 Å². The van der Waals surface area contributed by atoms with Crippen LogP contribution in [-0.2, 0) is 0 Å². The molecular formula is C8H5Br3O3. The molecule has 3 nitrogen and oxygen atoms in total. The number of rotatable bonds is 2.